The number of nitrogens with zero attached hydrogens (tertiary/aromatic N) is 1. The maximum atomic E-state index is 12.8. The van der Waals surface area contributed by atoms with Gasteiger partial charge in [0.15, 0.2) is 0 Å². The summed E-state index contributed by atoms with van der Waals surface area (Å²) in [7, 11) is 0. The van der Waals surface area contributed by atoms with E-state index in [1.807, 2.05) is 31.2 Å². The number of benzene rings is 1. The number of carbonyl (C=O) groups excluding carboxylic acids is 2. The molecule has 0 radical (unpaired) electrons. The van der Waals surface area contributed by atoms with Crippen molar-refractivity contribution >= 4 is 17.5 Å². The van der Waals surface area contributed by atoms with Crippen molar-refractivity contribution in [1.82, 2.24) is 4.90 Å². The molecular weight excluding hydrogens is 340 g/mol. The standard InChI is InChI=1S/C22H32N2O3/c1-2-27-20-13-11-19(12-14-20)23-21(25)17-7-9-18(10-8-17)22(26)24-15-5-3-4-6-16-24/h11-14,17-18H,2-10,15-16H2,1H3,(H,23,25). The highest BCUT2D eigenvalue weighted by atomic mass is 16.5. The Morgan fingerprint density at radius 2 is 1.56 bits per heavy atom. The van der Waals surface area contributed by atoms with Gasteiger partial charge in [-0.3, -0.25) is 9.59 Å². The Labute approximate surface area is 162 Å². The topological polar surface area (TPSA) is 58.6 Å². The molecular formula is C22H32N2O3. The fourth-order valence-electron chi connectivity index (χ4n) is 4.20. The van der Waals surface area contributed by atoms with Crippen LogP contribution in [0.25, 0.3) is 0 Å². The van der Waals surface area contributed by atoms with E-state index in [2.05, 4.69) is 10.2 Å². The normalized spacial score (nSPS) is 23.4. The van der Waals surface area contributed by atoms with Gasteiger partial charge < -0.3 is 15.0 Å². The second kappa shape index (κ2) is 9.77. The smallest absolute Gasteiger partial charge is 0.227 e. The summed E-state index contributed by atoms with van der Waals surface area (Å²) in [5.74, 6) is 1.31. The summed E-state index contributed by atoms with van der Waals surface area (Å²) in [6.45, 7) is 4.41. The van der Waals surface area contributed by atoms with Gasteiger partial charge in [-0.05, 0) is 69.7 Å². The van der Waals surface area contributed by atoms with E-state index in [0.717, 1.165) is 63.1 Å². The Kier molecular flexibility index (Phi) is 7.13. The molecule has 0 atom stereocenters. The molecule has 1 saturated carbocycles. The maximum absolute atomic E-state index is 12.8. The van der Waals surface area contributed by atoms with Crippen LogP contribution in [0.3, 0.4) is 0 Å². The number of anilines is 1. The van der Waals surface area contributed by atoms with Crippen LogP contribution in [0.15, 0.2) is 24.3 Å². The summed E-state index contributed by atoms with van der Waals surface area (Å²) >= 11 is 0. The van der Waals surface area contributed by atoms with E-state index < -0.39 is 0 Å². The van der Waals surface area contributed by atoms with Crippen molar-refractivity contribution in [3.8, 4) is 5.75 Å². The van der Waals surface area contributed by atoms with Crippen LogP contribution in [0.2, 0.25) is 0 Å². The Balaban J connectivity index is 1.46. The highest BCUT2D eigenvalue weighted by Gasteiger charge is 2.32. The molecule has 1 heterocycles. The molecule has 1 N–H and O–H groups in total. The van der Waals surface area contributed by atoms with Crippen molar-refractivity contribution in [3.63, 3.8) is 0 Å². The van der Waals surface area contributed by atoms with Gasteiger partial charge in [0.2, 0.25) is 11.8 Å². The van der Waals surface area contributed by atoms with Gasteiger partial charge in [0, 0.05) is 30.6 Å². The molecule has 2 amide bonds. The fourth-order valence-corrected chi connectivity index (χ4v) is 4.20. The number of carbonyl (C=O) groups is 2. The number of ether oxygens (including phenoxy) is 1. The van der Waals surface area contributed by atoms with E-state index in [-0.39, 0.29) is 17.7 Å². The summed E-state index contributed by atoms with van der Waals surface area (Å²) in [4.78, 5) is 27.4. The first-order valence-corrected chi connectivity index (χ1v) is 10.5. The highest BCUT2D eigenvalue weighted by molar-refractivity contribution is 5.92. The van der Waals surface area contributed by atoms with E-state index in [4.69, 9.17) is 4.74 Å². The van der Waals surface area contributed by atoms with Gasteiger partial charge in [0.1, 0.15) is 5.75 Å². The van der Waals surface area contributed by atoms with E-state index in [1.54, 1.807) is 0 Å². The van der Waals surface area contributed by atoms with Gasteiger partial charge in [0.05, 0.1) is 6.61 Å². The minimum absolute atomic E-state index is 0.00440. The van der Waals surface area contributed by atoms with Crippen molar-refractivity contribution < 1.29 is 14.3 Å². The van der Waals surface area contributed by atoms with Crippen LogP contribution in [0.4, 0.5) is 5.69 Å². The Hall–Kier alpha value is -2.04. The van der Waals surface area contributed by atoms with Gasteiger partial charge in [-0.2, -0.15) is 0 Å². The first kappa shape index (κ1) is 19.7. The second-order valence-corrected chi connectivity index (χ2v) is 7.73. The molecule has 3 rings (SSSR count). The van der Waals surface area contributed by atoms with E-state index >= 15 is 0 Å². The minimum Gasteiger partial charge on any atom is -0.494 e. The van der Waals surface area contributed by atoms with Crippen molar-refractivity contribution in [3.05, 3.63) is 24.3 Å². The zero-order chi connectivity index (χ0) is 19.1. The third-order valence-corrected chi connectivity index (χ3v) is 5.80. The number of amides is 2. The zero-order valence-electron chi connectivity index (χ0n) is 16.4. The third-order valence-electron chi connectivity index (χ3n) is 5.80. The van der Waals surface area contributed by atoms with E-state index in [1.165, 1.54) is 12.8 Å². The van der Waals surface area contributed by atoms with E-state index in [0.29, 0.717) is 12.5 Å². The molecule has 148 valence electrons. The van der Waals surface area contributed by atoms with Crippen LogP contribution < -0.4 is 10.1 Å². The van der Waals surface area contributed by atoms with Gasteiger partial charge in [-0.15, -0.1) is 0 Å². The molecule has 27 heavy (non-hydrogen) atoms. The molecule has 2 fully saturated rings. The lowest BCUT2D eigenvalue weighted by atomic mass is 9.81. The summed E-state index contributed by atoms with van der Waals surface area (Å²) in [6, 6.07) is 7.49. The SMILES string of the molecule is CCOc1ccc(NC(=O)C2CCC(C(=O)N3CCCCCC3)CC2)cc1. The average molecular weight is 373 g/mol. The molecule has 1 saturated heterocycles. The Bertz CT molecular complexity index is 613. The average Bonchev–Trinajstić information content (AvgIpc) is 2.99. The van der Waals surface area contributed by atoms with Crippen LogP contribution in [0.5, 0.6) is 5.75 Å². The molecule has 1 aromatic carbocycles. The number of hydrogen-bond donors (Lipinski definition) is 1. The van der Waals surface area contributed by atoms with Crippen LogP contribution in [-0.2, 0) is 9.59 Å². The molecule has 2 aliphatic rings. The lowest BCUT2D eigenvalue weighted by molar-refractivity contribution is -0.137. The predicted octanol–water partition coefficient (Wildman–Crippen LogP) is 4.23. The maximum Gasteiger partial charge on any atom is 0.227 e. The zero-order valence-corrected chi connectivity index (χ0v) is 16.4. The Morgan fingerprint density at radius 1 is 0.963 bits per heavy atom. The molecule has 0 spiro atoms. The Morgan fingerprint density at radius 3 is 2.15 bits per heavy atom. The fraction of sp³-hybridized carbons (Fsp3) is 0.636. The molecule has 5 nitrogen and oxygen atoms in total. The molecule has 1 aliphatic heterocycles. The van der Waals surface area contributed by atoms with Gasteiger partial charge in [-0.25, -0.2) is 0 Å². The lowest BCUT2D eigenvalue weighted by Crippen LogP contribution is -2.39. The van der Waals surface area contributed by atoms with Gasteiger partial charge in [0.25, 0.3) is 0 Å². The predicted molar refractivity (Wildman–Crippen MR) is 107 cm³/mol. The second-order valence-electron chi connectivity index (χ2n) is 7.73. The molecule has 1 aromatic rings. The lowest BCUT2D eigenvalue weighted by Gasteiger charge is -2.31. The molecule has 1 aliphatic carbocycles. The van der Waals surface area contributed by atoms with Crippen LogP contribution >= 0.6 is 0 Å². The summed E-state index contributed by atoms with van der Waals surface area (Å²) in [5.41, 5.74) is 0.797. The number of rotatable bonds is 5. The van der Waals surface area contributed by atoms with Crippen molar-refractivity contribution in [2.24, 2.45) is 11.8 Å². The first-order valence-electron chi connectivity index (χ1n) is 10.5. The van der Waals surface area contributed by atoms with E-state index in [9.17, 15) is 9.59 Å². The number of nitrogens with one attached hydrogen (secondary N) is 1. The quantitative estimate of drug-likeness (QED) is 0.841. The van der Waals surface area contributed by atoms with Crippen LogP contribution in [0, 0.1) is 11.8 Å². The largest absolute Gasteiger partial charge is 0.494 e. The summed E-state index contributed by atoms with van der Waals surface area (Å²) in [6.07, 6.45) is 8.00. The molecule has 0 bridgehead atoms. The summed E-state index contributed by atoms with van der Waals surface area (Å²) in [5, 5.41) is 3.01. The molecule has 0 unspecified atom stereocenters. The molecule has 0 aromatic heterocycles. The summed E-state index contributed by atoms with van der Waals surface area (Å²) < 4.78 is 5.43. The van der Waals surface area contributed by atoms with Gasteiger partial charge in [-0.1, -0.05) is 12.8 Å². The van der Waals surface area contributed by atoms with Gasteiger partial charge >= 0.3 is 0 Å². The van der Waals surface area contributed by atoms with Crippen LogP contribution in [-0.4, -0.2) is 36.4 Å². The highest BCUT2D eigenvalue weighted by Crippen LogP contribution is 2.31. The van der Waals surface area contributed by atoms with Crippen LogP contribution in [0.1, 0.15) is 58.3 Å². The third kappa shape index (κ3) is 5.47. The number of hydrogen-bond acceptors (Lipinski definition) is 3. The number of likely N-dealkylation sites (tertiary alicyclic amines) is 1. The monoisotopic (exact) mass is 372 g/mol. The van der Waals surface area contributed by atoms with Crippen molar-refractivity contribution in [2.75, 3.05) is 25.0 Å². The van der Waals surface area contributed by atoms with Crippen molar-refractivity contribution in [2.45, 2.75) is 58.3 Å². The van der Waals surface area contributed by atoms with Crippen molar-refractivity contribution in [1.29, 1.82) is 0 Å². The molecule has 5 heteroatoms. The minimum atomic E-state index is 0.00440. The first-order chi connectivity index (χ1) is 13.2.